The van der Waals surface area contributed by atoms with Crippen LogP contribution in [0.5, 0.6) is 5.75 Å². The normalized spacial score (nSPS) is 19.8. The lowest BCUT2D eigenvalue weighted by molar-refractivity contribution is 0.0542. The van der Waals surface area contributed by atoms with E-state index in [2.05, 4.69) is 23.7 Å². The second kappa shape index (κ2) is 8.67. The molecule has 0 atom stereocenters. The molecule has 0 spiro atoms. The van der Waals surface area contributed by atoms with Crippen LogP contribution >= 0.6 is 0 Å². The highest BCUT2D eigenvalue weighted by Crippen LogP contribution is 2.24. The van der Waals surface area contributed by atoms with Crippen molar-refractivity contribution < 1.29 is 14.6 Å². The number of piperidine rings is 2. The Morgan fingerprint density at radius 2 is 1.79 bits per heavy atom. The van der Waals surface area contributed by atoms with Crippen LogP contribution in [0.2, 0.25) is 0 Å². The number of aliphatic hydroxyl groups excluding tert-OH is 1. The average molecular weight is 398 g/mol. The first kappa shape index (κ1) is 20.1. The number of aromatic nitrogens is 1. The van der Waals surface area contributed by atoms with Crippen molar-refractivity contribution in [3.8, 4) is 5.75 Å². The van der Waals surface area contributed by atoms with Crippen LogP contribution in [0.3, 0.4) is 0 Å². The molecule has 1 aromatic carbocycles. The number of amides is 1. The molecule has 0 bridgehead atoms. The van der Waals surface area contributed by atoms with Crippen molar-refractivity contribution in [1.29, 1.82) is 0 Å². The summed E-state index contributed by atoms with van der Waals surface area (Å²) in [6.07, 6.45) is 3.33. The molecule has 0 aliphatic carbocycles. The van der Waals surface area contributed by atoms with Gasteiger partial charge in [0.25, 0.3) is 5.91 Å². The predicted molar refractivity (Wildman–Crippen MR) is 113 cm³/mol. The lowest BCUT2D eigenvalue weighted by Crippen LogP contribution is -2.41. The molecule has 3 heterocycles. The first-order valence-corrected chi connectivity index (χ1v) is 10.8. The van der Waals surface area contributed by atoms with Crippen molar-refractivity contribution in [3.63, 3.8) is 0 Å². The Labute approximate surface area is 172 Å². The summed E-state index contributed by atoms with van der Waals surface area (Å²) in [5, 5.41) is 10.6. The van der Waals surface area contributed by atoms with E-state index in [0.29, 0.717) is 37.7 Å². The third kappa shape index (κ3) is 4.70. The van der Waals surface area contributed by atoms with Gasteiger partial charge in [0.2, 0.25) is 0 Å². The molecule has 2 aromatic rings. The maximum atomic E-state index is 12.7. The lowest BCUT2D eigenvalue weighted by Gasteiger charge is -2.34. The number of fused-ring (bicyclic) bond motifs is 1. The Morgan fingerprint density at radius 1 is 1.07 bits per heavy atom. The molecule has 0 unspecified atom stereocenters. The van der Waals surface area contributed by atoms with Gasteiger partial charge in [-0.3, -0.25) is 4.79 Å². The molecule has 1 N–H and O–H groups in total. The van der Waals surface area contributed by atoms with Crippen LogP contribution in [0.1, 0.15) is 50.0 Å². The SMILES string of the molecule is CC(C)N1CCC(Oc2ccc3nc(C(=O)N4CCC(O)CC4)ccc3c2)CC1. The highest BCUT2D eigenvalue weighted by molar-refractivity contribution is 5.95. The van der Waals surface area contributed by atoms with E-state index in [1.165, 1.54) is 0 Å². The predicted octanol–water partition coefficient (Wildman–Crippen LogP) is 3.08. The number of hydrogen-bond donors (Lipinski definition) is 1. The number of aliphatic hydroxyl groups is 1. The molecule has 2 saturated heterocycles. The number of rotatable bonds is 4. The number of likely N-dealkylation sites (tertiary alicyclic amines) is 2. The number of nitrogens with zero attached hydrogens (tertiary/aromatic N) is 3. The molecule has 1 aromatic heterocycles. The van der Waals surface area contributed by atoms with E-state index in [4.69, 9.17) is 4.74 Å². The van der Waals surface area contributed by atoms with Gasteiger partial charge in [0.05, 0.1) is 11.6 Å². The molecule has 156 valence electrons. The van der Waals surface area contributed by atoms with Crippen LogP contribution < -0.4 is 4.74 Å². The summed E-state index contributed by atoms with van der Waals surface area (Å²) in [6.45, 7) is 7.81. The van der Waals surface area contributed by atoms with Gasteiger partial charge in [0.15, 0.2) is 0 Å². The van der Waals surface area contributed by atoms with Gasteiger partial charge in [-0.2, -0.15) is 0 Å². The van der Waals surface area contributed by atoms with Crippen molar-refractivity contribution in [2.24, 2.45) is 0 Å². The topological polar surface area (TPSA) is 65.9 Å². The van der Waals surface area contributed by atoms with E-state index >= 15 is 0 Å². The summed E-state index contributed by atoms with van der Waals surface area (Å²) < 4.78 is 6.22. The zero-order chi connectivity index (χ0) is 20.4. The molecular formula is C23H31N3O3. The van der Waals surface area contributed by atoms with Crippen molar-refractivity contribution in [3.05, 3.63) is 36.0 Å². The fraction of sp³-hybridized carbons (Fsp3) is 0.565. The van der Waals surface area contributed by atoms with Gasteiger partial charge in [-0.1, -0.05) is 6.07 Å². The third-order valence-electron chi connectivity index (χ3n) is 6.14. The second-order valence-electron chi connectivity index (χ2n) is 8.52. The zero-order valence-electron chi connectivity index (χ0n) is 17.4. The molecule has 6 heteroatoms. The van der Waals surface area contributed by atoms with Crippen molar-refractivity contribution >= 4 is 16.8 Å². The third-order valence-corrected chi connectivity index (χ3v) is 6.14. The highest BCUT2D eigenvalue weighted by Gasteiger charge is 2.24. The first-order chi connectivity index (χ1) is 14.0. The van der Waals surface area contributed by atoms with Crippen LogP contribution in [-0.2, 0) is 0 Å². The molecule has 6 nitrogen and oxygen atoms in total. The Morgan fingerprint density at radius 3 is 2.48 bits per heavy atom. The summed E-state index contributed by atoms with van der Waals surface area (Å²) in [5.41, 5.74) is 1.26. The monoisotopic (exact) mass is 397 g/mol. The minimum absolute atomic E-state index is 0.0592. The van der Waals surface area contributed by atoms with Crippen LogP contribution in [0.15, 0.2) is 30.3 Å². The number of carbonyl (C=O) groups is 1. The maximum Gasteiger partial charge on any atom is 0.272 e. The van der Waals surface area contributed by atoms with Gasteiger partial charge in [-0.15, -0.1) is 0 Å². The number of pyridine rings is 1. The van der Waals surface area contributed by atoms with E-state index in [1.807, 2.05) is 24.3 Å². The van der Waals surface area contributed by atoms with E-state index in [9.17, 15) is 9.90 Å². The summed E-state index contributed by atoms with van der Waals surface area (Å²) in [7, 11) is 0. The molecule has 1 amide bonds. The highest BCUT2D eigenvalue weighted by atomic mass is 16.5. The Balaban J connectivity index is 1.41. The van der Waals surface area contributed by atoms with E-state index in [-0.39, 0.29) is 18.1 Å². The Bertz CT molecular complexity index is 854. The average Bonchev–Trinajstić information content (AvgIpc) is 2.74. The molecule has 2 aliphatic rings. The lowest BCUT2D eigenvalue weighted by atomic mass is 10.1. The van der Waals surface area contributed by atoms with Gasteiger partial charge in [0.1, 0.15) is 17.5 Å². The number of benzene rings is 1. The van der Waals surface area contributed by atoms with Gasteiger partial charge in [0, 0.05) is 37.6 Å². The van der Waals surface area contributed by atoms with E-state index < -0.39 is 0 Å². The summed E-state index contributed by atoms with van der Waals surface area (Å²) >= 11 is 0. The minimum Gasteiger partial charge on any atom is -0.490 e. The van der Waals surface area contributed by atoms with Crippen molar-refractivity contribution in [2.45, 2.75) is 57.8 Å². The fourth-order valence-corrected chi connectivity index (χ4v) is 4.23. The summed E-state index contributed by atoms with van der Waals surface area (Å²) in [5.74, 6) is 0.808. The summed E-state index contributed by atoms with van der Waals surface area (Å²) in [4.78, 5) is 21.5. The van der Waals surface area contributed by atoms with E-state index in [0.717, 1.165) is 42.6 Å². The Hall–Kier alpha value is -2.18. The molecule has 2 fully saturated rings. The minimum atomic E-state index is -0.292. The number of hydrogen-bond acceptors (Lipinski definition) is 5. The fourth-order valence-electron chi connectivity index (χ4n) is 4.23. The van der Waals surface area contributed by atoms with Gasteiger partial charge in [-0.25, -0.2) is 4.98 Å². The maximum absolute atomic E-state index is 12.7. The van der Waals surface area contributed by atoms with Crippen molar-refractivity contribution in [2.75, 3.05) is 26.2 Å². The van der Waals surface area contributed by atoms with E-state index in [1.54, 1.807) is 11.0 Å². The van der Waals surface area contributed by atoms with Gasteiger partial charge >= 0.3 is 0 Å². The number of carbonyl (C=O) groups excluding carboxylic acids is 1. The number of ether oxygens (including phenoxy) is 1. The Kier molecular flexibility index (Phi) is 6.01. The summed E-state index contributed by atoms with van der Waals surface area (Å²) in [6, 6.07) is 10.2. The van der Waals surface area contributed by atoms with Gasteiger partial charge in [-0.05, 0) is 63.8 Å². The quantitative estimate of drug-likeness (QED) is 0.859. The van der Waals surface area contributed by atoms with Crippen LogP contribution in [0.25, 0.3) is 10.9 Å². The largest absolute Gasteiger partial charge is 0.490 e. The molecule has 29 heavy (non-hydrogen) atoms. The zero-order valence-corrected chi connectivity index (χ0v) is 17.4. The van der Waals surface area contributed by atoms with Crippen LogP contribution in [-0.4, -0.2) is 70.2 Å². The first-order valence-electron chi connectivity index (χ1n) is 10.8. The molecule has 4 rings (SSSR count). The molecular weight excluding hydrogens is 366 g/mol. The van der Waals surface area contributed by atoms with Crippen LogP contribution in [0, 0.1) is 0 Å². The second-order valence-corrected chi connectivity index (χ2v) is 8.52. The molecule has 2 aliphatic heterocycles. The van der Waals surface area contributed by atoms with Crippen LogP contribution in [0.4, 0.5) is 0 Å². The van der Waals surface area contributed by atoms with Crippen molar-refractivity contribution in [1.82, 2.24) is 14.8 Å². The molecule has 0 saturated carbocycles. The standard InChI is InChI=1S/C23H31N3O3/c1-16(2)25-13-9-19(10-14-25)29-20-4-6-21-17(15-20)3-5-22(24-21)23(28)26-11-7-18(27)8-12-26/h3-6,15-16,18-19,27H,7-14H2,1-2H3. The smallest absolute Gasteiger partial charge is 0.272 e. The molecule has 0 radical (unpaired) electrons. The van der Waals surface area contributed by atoms with Gasteiger partial charge < -0.3 is 19.6 Å².